The van der Waals surface area contributed by atoms with Gasteiger partial charge in [-0.15, -0.1) is 11.3 Å². The zero-order valence-electron chi connectivity index (χ0n) is 12.7. The number of amides is 1. The van der Waals surface area contributed by atoms with E-state index in [0.29, 0.717) is 12.1 Å². The zero-order valence-corrected chi connectivity index (χ0v) is 13.5. The van der Waals surface area contributed by atoms with E-state index in [9.17, 15) is 13.6 Å². The Bertz CT molecular complexity index is 701. The fourth-order valence-electron chi connectivity index (χ4n) is 2.91. The topological polar surface area (TPSA) is 29.5 Å². The lowest BCUT2D eigenvalue weighted by Crippen LogP contribution is -2.30. The molecule has 1 aromatic heterocycles. The molecule has 0 spiro atoms. The van der Waals surface area contributed by atoms with Crippen LogP contribution in [-0.4, -0.2) is 24.0 Å². The van der Waals surface area contributed by atoms with Crippen LogP contribution in [0.5, 0.6) is 5.75 Å². The number of nitrogens with zero attached hydrogens (tertiary/aromatic N) is 1. The van der Waals surface area contributed by atoms with Crippen molar-refractivity contribution in [3.8, 4) is 5.75 Å². The van der Waals surface area contributed by atoms with Gasteiger partial charge in [0.05, 0.1) is 6.04 Å². The van der Waals surface area contributed by atoms with Crippen LogP contribution in [0.15, 0.2) is 36.4 Å². The van der Waals surface area contributed by atoms with Crippen molar-refractivity contribution in [2.24, 2.45) is 0 Å². The predicted molar refractivity (Wildman–Crippen MR) is 85.1 cm³/mol. The van der Waals surface area contributed by atoms with Crippen LogP contribution in [0.4, 0.5) is 8.78 Å². The second-order valence-electron chi connectivity index (χ2n) is 5.51. The molecule has 1 aromatic carbocycles. The maximum Gasteiger partial charge on any atom is 0.387 e. The Hall–Kier alpha value is -1.95. The molecule has 1 unspecified atom stereocenters. The van der Waals surface area contributed by atoms with E-state index in [1.807, 2.05) is 11.8 Å². The van der Waals surface area contributed by atoms with E-state index in [4.69, 9.17) is 0 Å². The summed E-state index contributed by atoms with van der Waals surface area (Å²) in [6, 6.07) is 10.2. The van der Waals surface area contributed by atoms with Gasteiger partial charge in [0.2, 0.25) is 0 Å². The number of carbonyl (C=O) groups is 1. The molecule has 6 heteroatoms. The highest BCUT2D eigenvalue weighted by atomic mass is 32.1. The van der Waals surface area contributed by atoms with Crippen molar-refractivity contribution in [1.29, 1.82) is 0 Å². The molecule has 23 heavy (non-hydrogen) atoms. The maximum atomic E-state index is 12.8. The standard InChI is InChI=1S/C17H17F2NO2S/c1-11-7-8-15(23-11)14-6-3-9-20(14)16(21)12-4-2-5-13(10-12)22-17(18)19/h2,4-5,7-8,10,14,17H,3,6,9H2,1H3. The highest BCUT2D eigenvalue weighted by molar-refractivity contribution is 7.12. The average molecular weight is 337 g/mol. The molecule has 0 N–H and O–H groups in total. The van der Waals surface area contributed by atoms with Gasteiger partial charge in [0, 0.05) is 21.9 Å². The van der Waals surface area contributed by atoms with Crippen molar-refractivity contribution in [1.82, 2.24) is 4.90 Å². The Kier molecular flexibility index (Phi) is 4.61. The van der Waals surface area contributed by atoms with Crippen LogP contribution in [-0.2, 0) is 0 Å². The number of aryl methyl sites for hydroxylation is 1. The van der Waals surface area contributed by atoms with Gasteiger partial charge in [0.25, 0.3) is 5.91 Å². The number of carbonyl (C=O) groups excluding carboxylic acids is 1. The quantitative estimate of drug-likeness (QED) is 0.814. The summed E-state index contributed by atoms with van der Waals surface area (Å²) < 4.78 is 29.0. The molecular weight excluding hydrogens is 320 g/mol. The second kappa shape index (κ2) is 6.66. The third-order valence-corrected chi connectivity index (χ3v) is 5.01. The largest absolute Gasteiger partial charge is 0.435 e. The summed E-state index contributed by atoms with van der Waals surface area (Å²) in [6.07, 6.45) is 1.87. The van der Waals surface area contributed by atoms with Crippen LogP contribution in [0, 0.1) is 6.92 Å². The van der Waals surface area contributed by atoms with Gasteiger partial charge in [0.1, 0.15) is 5.75 Å². The van der Waals surface area contributed by atoms with E-state index in [0.717, 1.165) is 12.8 Å². The predicted octanol–water partition coefficient (Wildman–Crippen LogP) is 4.64. The Morgan fingerprint density at radius 1 is 1.35 bits per heavy atom. The number of alkyl halides is 2. The molecule has 1 saturated heterocycles. The minimum Gasteiger partial charge on any atom is -0.435 e. The van der Waals surface area contributed by atoms with Crippen LogP contribution in [0.3, 0.4) is 0 Å². The lowest BCUT2D eigenvalue weighted by atomic mass is 10.1. The van der Waals surface area contributed by atoms with Crippen molar-refractivity contribution >= 4 is 17.2 Å². The van der Waals surface area contributed by atoms with E-state index in [1.165, 1.54) is 21.9 Å². The van der Waals surface area contributed by atoms with Gasteiger partial charge in [0.15, 0.2) is 0 Å². The number of hydrogen-bond donors (Lipinski definition) is 0. The normalized spacial score (nSPS) is 17.7. The van der Waals surface area contributed by atoms with Gasteiger partial charge in [-0.2, -0.15) is 8.78 Å². The molecule has 122 valence electrons. The first kappa shape index (κ1) is 15.9. The Morgan fingerprint density at radius 3 is 2.87 bits per heavy atom. The molecule has 0 saturated carbocycles. The van der Waals surface area contributed by atoms with E-state index in [1.54, 1.807) is 23.5 Å². The highest BCUT2D eigenvalue weighted by Gasteiger charge is 2.31. The molecule has 1 aliphatic rings. The molecule has 3 rings (SSSR count). The number of thiophene rings is 1. The van der Waals surface area contributed by atoms with E-state index in [-0.39, 0.29) is 17.7 Å². The molecule has 1 amide bonds. The van der Waals surface area contributed by atoms with Crippen molar-refractivity contribution < 1.29 is 18.3 Å². The molecule has 2 aromatic rings. The molecular formula is C17H17F2NO2S. The van der Waals surface area contributed by atoms with Gasteiger partial charge < -0.3 is 9.64 Å². The van der Waals surface area contributed by atoms with Crippen molar-refractivity contribution in [2.75, 3.05) is 6.54 Å². The van der Waals surface area contributed by atoms with Gasteiger partial charge in [-0.05, 0) is 50.1 Å². The molecule has 0 bridgehead atoms. The number of hydrogen-bond acceptors (Lipinski definition) is 3. The van der Waals surface area contributed by atoms with Crippen LogP contribution in [0.2, 0.25) is 0 Å². The maximum absolute atomic E-state index is 12.8. The van der Waals surface area contributed by atoms with Crippen LogP contribution in [0.1, 0.15) is 39.0 Å². The molecule has 3 nitrogen and oxygen atoms in total. The van der Waals surface area contributed by atoms with E-state index >= 15 is 0 Å². The average Bonchev–Trinajstić information content (AvgIpc) is 3.14. The van der Waals surface area contributed by atoms with E-state index in [2.05, 4.69) is 16.9 Å². The zero-order chi connectivity index (χ0) is 16.4. The molecule has 1 aliphatic heterocycles. The van der Waals surface area contributed by atoms with Crippen LogP contribution >= 0.6 is 11.3 Å². The number of benzene rings is 1. The molecule has 1 atom stereocenters. The Balaban J connectivity index is 1.81. The first-order valence-electron chi connectivity index (χ1n) is 7.47. The van der Waals surface area contributed by atoms with Crippen molar-refractivity contribution in [3.63, 3.8) is 0 Å². The SMILES string of the molecule is Cc1ccc(C2CCCN2C(=O)c2cccc(OC(F)F)c2)s1. The Labute approximate surface area is 137 Å². The summed E-state index contributed by atoms with van der Waals surface area (Å²) >= 11 is 1.70. The fraction of sp³-hybridized carbons (Fsp3) is 0.353. The van der Waals surface area contributed by atoms with Gasteiger partial charge in [-0.3, -0.25) is 4.79 Å². The highest BCUT2D eigenvalue weighted by Crippen LogP contribution is 2.36. The fourth-order valence-corrected chi connectivity index (χ4v) is 3.93. The summed E-state index contributed by atoms with van der Waals surface area (Å²) in [5, 5.41) is 0. The van der Waals surface area contributed by atoms with Gasteiger partial charge >= 0.3 is 6.61 Å². The third-order valence-electron chi connectivity index (χ3n) is 3.91. The molecule has 0 aliphatic carbocycles. The number of likely N-dealkylation sites (tertiary alicyclic amines) is 1. The first-order chi connectivity index (χ1) is 11.0. The third kappa shape index (κ3) is 3.52. The van der Waals surface area contributed by atoms with Gasteiger partial charge in [-0.25, -0.2) is 0 Å². The summed E-state index contributed by atoms with van der Waals surface area (Å²) in [6.45, 7) is -0.171. The minimum atomic E-state index is -2.89. The first-order valence-corrected chi connectivity index (χ1v) is 8.28. The number of halogens is 2. The van der Waals surface area contributed by atoms with Crippen molar-refractivity contribution in [3.05, 3.63) is 51.7 Å². The van der Waals surface area contributed by atoms with Crippen LogP contribution < -0.4 is 4.74 Å². The lowest BCUT2D eigenvalue weighted by Gasteiger charge is -2.24. The lowest BCUT2D eigenvalue weighted by molar-refractivity contribution is -0.0499. The second-order valence-corrected chi connectivity index (χ2v) is 6.83. The minimum absolute atomic E-state index is 0.00793. The molecule has 2 heterocycles. The van der Waals surface area contributed by atoms with Gasteiger partial charge in [-0.1, -0.05) is 6.07 Å². The van der Waals surface area contributed by atoms with E-state index < -0.39 is 6.61 Å². The summed E-state index contributed by atoms with van der Waals surface area (Å²) in [7, 11) is 0. The molecule has 0 radical (unpaired) electrons. The number of rotatable bonds is 4. The van der Waals surface area contributed by atoms with Crippen LogP contribution in [0.25, 0.3) is 0 Å². The van der Waals surface area contributed by atoms with Crippen molar-refractivity contribution in [2.45, 2.75) is 32.4 Å². The summed E-state index contributed by atoms with van der Waals surface area (Å²) in [4.78, 5) is 17.0. The molecule has 1 fully saturated rings. The Morgan fingerprint density at radius 2 is 2.17 bits per heavy atom. The number of ether oxygens (including phenoxy) is 1. The summed E-state index contributed by atoms with van der Waals surface area (Å²) in [5.74, 6) is -0.133. The summed E-state index contributed by atoms with van der Waals surface area (Å²) in [5.41, 5.74) is 0.378. The smallest absolute Gasteiger partial charge is 0.387 e. The monoisotopic (exact) mass is 337 g/mol.